The lowest BCUT2D eigenvalue weighted by atomic mass is 10.0. The third-order valence-corrected chi connectivity index (χ3v) is 5.86. The lowest BCUT2D eigenvalue weighted by Crippen LogP contribution is -2.52. The van der Waals surface area contributed by atoms with Crippen molar-refractivity contribution in [1.82, 2.24) is 25.1 Å². The van der Waals surface area contributed by atoms with Gasteiger partial charge in [-0.25, -0.2) is 9.78 Å². The van der Waals surface area contributed by atoms with Gasteiger partial charge in [0.1, 0.15) is 5.82 Å². The van der Waals surface area contributed by atoms with E-state index in [1.807, 2.05) is 24.3 Å². The Balaban J connectivity index is 1.23. The lowest BCUT2D eigenvalue weighted by molar-refractivity contribution is 0.127. The summed E-state index contributed by atoms with van der Waals surface area (Å²) >= 11 is 0. The molecule has 2 N–H and O–H groups in total. The second-order valence-corrected chi connectivity index (χ2v) is 7.89. The molecule has 2 aromatic rings. The minimum Gasteiger partial charge on any atom is -0.342 e. The first-order valence-electron chi connectivity index (χ1n) is 10.5. The van der Waals surface area contributed by atoms with E-state index in [-0.39, 0.29) is 6.03 Å². The summed E-state index contributed by atoms with van der Waals surface area (Å²) in [6, 6.07) is 8.58. The highest BCUT2D eigenvalue weighted by Gasteiger charge is 2.28. The van der Waals surface area contributed by atoms with E-state index >= 15 is 0 Å². The number of carbonyl (C=O) groups is 1. The molecule has 6 heteroatoms. The summed E-state index contributed by atoms with van der Waals surface area (Å²) in [5.41, 5.74) is 2.09. The van der Waals surface area contributed by atoms with Crippen molar-refractivity contribution in [3.8, 4) is 0 Å². The number of hydrogen-bond donors (Lipinski definition) is 2. The first-order valence-corrected chi connectivity index (χ1v) is 10.5. The highest BCUT2D eigenvalue weighted by Crippen LogP contribution is 2.20. The molecular weight excluding hydrogens is 338 g/mol. The number of urea groups is 1. The summed E-state index contributed by atoms with van der Waals surface area (Å²) in [6.07, 6.45) is 7.88. The van der Waals surface area contributed by atoms with E-state index in [0.29, 0.717) is 12.6 Å². The third kappa shape index (κ3) is 4.61. The minimum absolute atomic E-state index is 0.114. The molecule has 4 rings (SSSR count). The van der Waals surface area contributed by atoms with Crippen LogP contribution in [0, 0.1) is 0 Å². The van der Waals surface area contributed by atoms with Gasteiger partial charge in [-0.05, 0) is 63.7 Å². The zero-order valence-corrected chi connectivity index (χ0v) is 16.1. The molecule has 2 aliphatic rings. The van der Waals surface area contributed by atoms with Crippen molar-refractivity contribution in [3.05, 3.63) is 30.1 Å². The molecule has 27 heavy (non-hydrogen) atoms. The Bertz CT molecular complexity index is 719. The normalized spacial score (nSPS) is 21.0. The Morgan fingerprint density at radius 2 is 1.96 bits per heavy atom. The maximum atomic E-state index is 12.7. The van der Waals surface area contributed by atoms with Gasteiger partial charge >= 0.3 is 6.03 Å². The molecule has 0 unspecified atom stereocenters. The number of piperidine rings is 1. The Hall–Kier alpha value is -2.08. The number of nitrogens with zero attached hydrogens (tertiary/aromatic N) is 3. The van der Waals surface area contributed by atoms with Crippen LogP contribution in [0.15, 0.2) is 24.3 Å². The lowest BCUT2D eigenvalue weighted by Gasteiger charge is -2.37. The number of likely N-dealkylation sites (tertiary alicyclic amines) is 2. The number of hydrogen-bond acceptors (Lipinski definition) is 3. The van der Waals surface area contributed by atoms with E-state index in [2.05, 4.69) is 25.1 Å². The maximum absolute atomic E-state index is 12.7. The predicted octanol–water partition coefficient (Wildman–Crippen LogP) is 3.16. The van der Waals surface area contributed by atoms with Gasteiger partial charge in [0.25, 0.3) is 0 Å². The average molecular weight is 370 g/mol. The topological polar surface area (TPSA) is 64.3 Å². The molecule has 1 aromatic carbocycles. The van der Waals surface area contributed by atoms with Crippen LogP contribution >= 0.6 is 0 Å². The molecule has 0 spiro atoms. The first kappa shape index (κ1) is 18.3. The van der Waals surface area contributed by atoms with Crippen molar-refractivity contribution in [2.75, 3.05) is 32.7 Å². The fourth-order valence-electron chi connectivity index (χ4n) is 4.40. The molecule has 0 bridgehead atoms. The van der Waals surface area contributed by atoms with Gasteiger partial charge in [-0.15, -0.1) is 0 Å². The van der Waals surface area contributed by atoms with Gasteiger partial charge in [0.15, 0.2) is 0 Å². The predicted molar refractivity (Wildman–Crippen MR) is 108 cm³/mol. The van der Waals surface area contributed by atoms with Gasteiger partial charge in [0, 0.05) is 32.1 Å². The number of aromatic amines is 1. The summed E-state index contributed by atoms with van der Waals surface area (Å²) in [6.45, 7) is 5.04. The number of para-hydroxylation sites is 2. The number of nitrogens with one attached hydrogen (secondary N) is 2. The average Bonchev–Trinajstić information content (AvgIpc) is 3.34. The van der Waals surface area contributed by atoms with Crippen LogP contribution in [0.4, 0.5) is 4.79 Å². The number of carbonyl (C=O) groups excluding carboxylic acids is 1. The van der Waals surface area contributed by atoms with E-state index in [4.69, 9.17) is 0 Å². The number of benzene rings is 1. The molecule has 1 atom stereocenters. The molecule has 146 valence electrons. The molecule has 2 amide bonds. The fraction of sp³-hybridized carbons (Fsp3) is 0.619. The van der Waals surface area contributed by atoms with Gasteiger partial charge < -0.3 is 20.1 Å². The van der Waals surface area contributed by atoms with Gasteiger partial charge in [-0.3, -0.25) is 0 Å². The van der Waals surface area contributed by atoms with Crippen molar-refractivity contribution in [3.63, 3.8) is 0 Å². The molecule has 2 aliphatic heterocycles. The maximum Gasteiger partial charge on any atom is 0.317 e. The Labute approximate surface area is 161 Å². The number of imidazole rings is 1. The number of rotatable bonds is 6. The molecule has 6 nitrogen and oxygen atoms in total. The van der Waals surface area contributed by atoms with Gasteiger partial charge in [0.2, 0.25) is 0 Å². The van der Waals surface area contributed by atoms with Crippen LogP contribution in [0.5, 0.6) is 0 Å². The molecule has 0 radical (unpaired) electrons. The molecule has 3 heterocycles. The molecule has 0 saturated carbocycles. The van der Waals surface area contributed by atoms with Crippen LogP contribution < -0.4 is 5.32 Å². The van der Waals surface area contributed by atoms with Crippen LogP contribution in [0.1, 0.15) is 44.3 Å². The number of amides is 2. The number of aryl methyl sites for hydroxylation is 1. The zero-order valence-electron chi connectivity index (χ0n) is 16.1. The Morgan fingerprint density at radius 1 is 1.15 bits per heavy atom. The van der Waals surface area contributed by atoms with Crippen LogP contribution in [-0.4, -0.2) is 64.6 Å². The summed E-state index contributed by atoms with van der Waals surface area (Å²) in [7, 11) is 0. The van der Waals surface area contributed by atoms with Crippen LogP contribution in [-0.2, 0) is 6.42 Å². The monoisotopic (exact) mass is 369 g/mol. The summed E-state index contributed by atoms with van der Waals surface area (Å²) < 4.78 is 0. The highest BCUT2D eigenvalue weighted by atomic mass is 16.2. The number of aromatic nitrogens is 2. The molecular formula is C21H31N5O. The largest absolute Gasteiger partial charge is 0.342 e. The van der Waals surface area contributed by atoms with Crippen molar-refractivity contribution in [2.45, 2.75) is 51.0 Å². The van der Waals surface area contributed by atoms with Gasteiger partial charge in [-0.2, -0.15) is 0 Å². The summed E-state index contributed by atoms with van der Waals surface area (Å²) in [5.74, 6) is 0.996. The van der Waals surface area contributed by atoms with Crippen molar-refractivity contribution >= 4 is 17.1 Å². The fourth-order valence-corrected chi connectivity index (χ4v) is 4.40. The molecule has 2 fully saturated rings. The zero-order chi connectivity index (χ0) is 18.5. The Kier molecular flexibility index (Phi) is 5.92. The SMILES string of the molecule is O=C(NCCCc1nc2ccccc2[nH]1)N1CCCC[C@@H]1CN1CCCC1. The quantitative estimate of drug-likeness (QED) is 0.769. The molecule has 0 aliphatic carbocycles. The summed E-state index contributed by atoms with van der Waals surface area (Å²) in [5, 5.41) is 3.14. The van der Waals surface area contributed by atoms with E-state index in [0.717, 1.165) is 55.6 Å². The van der Waals surface area contributed by atoms with E-state index in [1.54, 1.807) is 0 Å². The minimum atomic E-state index is 0.114. The van der Waals surface area contributed by atoms with Crippen LogP contribution in [0.3, 0.4) is 0 Å². The number of fused-ring (bicyclic) bond motifs is 1. The highest BCUT2D eigenvalue weighted by molar-refractivity contribution is 5.75. The van der Waals surface area contributed by atoms with Crippen LogP contribution in [0.2, 0.25) is 0 Å². The smallest absolute Gasteiger partial charge is 0.317 e. The second kappa shape index (κ2) is 8.74. The van der Waals surface area contributed by atoms with Gasteiger partial charge in [0.05, 0.1) is 11.0 Å². The van der Waals surface area contributed by atoms with E-state index in [9.17, 15) is 4.79 Å². The van der Waals surface area contributed by atoms with Gasteiger partial charge in [-0.1, -0.05) is 12.1 Å². The Morgan fingerprint density at radius 3 is 2.81 bits per heavy atom. The second-order valence-electron chi connectivity index (χ2n) is 7.89. The van der Waals surface area contributed by atoms with E-state index in [1.165, 1.54) is 32.4 Å². The molecule has 1 aromatic heterocycles. The standard InChI is InChI=1S/C21H31N5O/c27-21(26-15-4-3-8-17(26)16-25-13-5-6-14-25)22-12-7-11-20-23-18-9-1-2-10-19(18)24-20/h1-2,9-10,17H,3-8,11-16H2,(H,22,27)(H,23,24)/t17-/m1/s1. The van der Waals surface area contributed by atoms with E-state index < -0.39 is 0 Å². The van der Waals surface area contributed by atoms with Crippen LogP contribution in [0.25, 0.3) is 11.0 Å². The first-order chi connectivity index (χ1) is 13.3. The number of H-pyrrole nitrogens is 1. The summed E-state index contributed by atoms with van der Waals surface area (Å²) in [4.78, 5) is 25.3. The molecule has 2 saturated heterocycles. The van der Waals surface area contributed by atoms with Crippen molar-refractivity contribution in [2.24, 2.45) is 0 Å². The van der Waals surface area contributed by atoms with Crippen molar-refractivity contribution in [1.29, 1.82) is 0 Å². The van der Waals surface area contributed by atoms with Crippen molar-refractivity contribution < 1.29 is 4.79 Å². The third-order valence-electron chi connectivity index (χ3n) is 5.86.